The van der Waals surface area contributed by atoms with Gasteiger partial charge in [0.05, 0.1) is 11.3 Å². The zero-order valence-corrected chi connectivity index (χ0v) is 13.1. The fourth-order valence-corrected chi connectivity index (χ4v) is 3.39. The number of carboxylic acid groups (broad SMARTS) is 1. The Morgan fingerprint density at radius 3 is 2.67 bits per heavy atom. The van der Waals surface area contributed by atoms with Gasteiger partial charge in [0.1, 0.15) is 0 Å². The van der Waals surface area contributed by atoms with Crippen LogP contribution in [-0.4, -0.2) is 17.6 Å². The first-order valence-corrected chi connectivity index (χ1v) is 7.84. The van der Waals surface area contributed by atoms with Gasteiger partial charge in [0.25, 0.3) is 0 Å². The molecule has 21 heavy (non-hydrogen) atoms. The molecule has 3 nitrogen and oxygen atoms in total. The average molecular weight is 346 g/mol. The van der Waals surface area contributed by atoms with Gasteiger partial charge in [0.15, 0.2) is 0 Å². The summed E-state index contributed by atoms with van der Waals surface area (Å²) < 4.78 is 0.819. The fraction of sp³-hybridized carbons (Fsp3) is 0.235. The quantitative estimate of drug-likeness (QED) is 0.863. The minimum atomic E-state index is -0.904. The summed E-state index contributed by atoms with van der Waals surface area (Å²) in [5.41, 5.74) is 3.89. The summed E-state index contributed by atoms with van der Waals surface area (Å²) >= 11 is 3.52. The zero-order chi connectivity index (χ0) is 14.8. The maximum Gasteiger partial charge on any atom is 0.335 e. The molecule has 0 fully saturated rings. The Kier molecular flexibility index (Phi) is 3.97. The van der Waals surface area contributed by atoms with E-state index in [0.717, 1.165) is 29.5 Å². The molecular weight excluding hydrogens is 330 g/mol. The molecule has 0 aliphatic carbocycles. The number of aryl methyl sites for hydroxylation is 1. The molecule has 0 saturated heterocycles. The van der Waals surface area contributed by atoms with Crippen molar-refractivity contribution >= 4 is 33.3 Å². The molecule has 0 saturated carbocycles. The maximum absolute atomic E-state index is 11.1. The van der Waals surface area contributed by atoms with E-state index in [1.165, 1.54) is 17.7 Å². The molecule has 1 N–H and O–H groups in total. The summed E-state index contributed by atoms with van der Waals surface area (Å²) in [5.74, 6) is -0.904. The largest absolute Gasteiger partial charge is 0.478 e. The van der Waals surface area contributed by atoms with Crippen LogP contribution in [0.2, 0.25) is 0 Å². The molecule has 0 amide bonds. The number of hydrogen-bond acceptors (Lipinski definition) is 2. The van der Waals surface area contributed by atoms with Gasteiger partial charge in [-0.2, -0.15) is 0 Å². The molecule has 1 aliphatic rings. The van der Waals surface area contributed by atoms with Crippen molar-refractivity contribution in [3.05, 3.63) is 58.1 Å². The molecule has 1 aliphatic heterocycles. The molecule has 0 unspecified atom stereocenters. The second-order valence-corrected chi connectivity index (χ2v) is 6.06. The van der Waals surface area contributed by atoms with Gasteiger partial charge in [-0.1, -0.05) is 18.2 Å². The summed E-state index contributed by atoms with van der Waals surface area (Å²) in [6.45, 7) is 0.946. The molecule has 0 aromatic heterocycles. The second kappa shape index (κ2) is 5.90. The third kappa shape index (κ3) is 2.81. The van der Waals surface area contributed by atoms with Gasteiger partial charge in [-0.05, 0) is 65.0 Å². The van der Waals surface area contributed by atoms with Crippen LogP contribution in [0.4, 0.5) is 11.4 Å². The SMILES string of the molecule is O=C(O)c1ccc(N2CCCCc3ccccc32)c(Br)c1. The number of anilines is 2. The minimum Gasteiger partial charge on any atom is -0.478 e. The van der Waals surface area contributed by atoms with Gasteiger partial charge in [-0.3, -0.25) is 0 Å². The lowest BCUT2D eigenvalue weighted by atomic mass is 10.1. The van der Waals surface area contributed by atoms with E-state index in [1.807, 2.05) is 6.07 Å². The monoisotopic (exact) mass is 345 g/mol. The van der Waals surface area contributed by atoms with Crippen LogP contribution in [0, 0.1) is 0 Å². The average Bonchev–Trinajstić information content (AvgIpc) is 2.69. The van der Waals surface area contributed by atoms with Gasteiger partial charge in [0, 0.05) is 16.7 Å². The van der Waals surface area contributed by atoms with E-state index in [4.69, 9.17) is 5.11 Å². The Balaban J connectivity index is 2.06. The first-order chi connectivity index (χ1) is 10.2. The number of fused-ring (bicyclic) bond motifs is 1. The van der Waals surface area contributed by atoms with Crippen molar-refractivity contribution in [1.82, 2.24) is 0 Å². The zero-order valence-electron chi connectivity index (χ0n) is 11.6. The van der Waals surface area contributed by atoms with Gasteiger partial charge < -0.3 is 10.0 Å². The van der Waals surface area contributed by atoms with Crippen molar-refractivity contribution in [1.29, 1.82) is 0 Å². The van der Waals surface area contributed by atoms with Crippen molar-refractivity contribution in [3.8, 4) is 0 Å². The van der Waals surface area contributed by atoms with Crippen molar-refractivity contribution in [2.75, 3.05) is 11.4 Å². The normalized spacial score (nSPS) is 14.4. The lowest BCUT2D eigenvalue weighted by molar-refractivity contribution is 0.0697. The number of hydrogen-bond donors (Lipinski definition) is 1. The van der Waals surface area contributed by atoms with Crippen molar-refractivity contribution in [2.24, 2.45) is 0 Å². The highest BCUT2D eigenvalue weighted by atomic mass is 79.9. The maximum atomic E-state index is 11.1. The Labute approximate surface area is 132 Å². The van der Waals surface area contributed by atoms with Gasteiger partial charge in [-0.15, -0.1) is 0 Å². The van der Waals surface area contributed by atoms with Crippen molar-refractivity contribution in [3.63, 3.8) is 0 Å². The number of carboxylic acids is 1. The predicted octanol–water partition coefficient (Wildman–Crippen LogP) is 4.62. The Morgan fingerprint density at radius 1 is 1.10 bits per heavy atom. The Bertz CT molecular complexity index is 684. The summed E-state index contributed by atoms with van der Waals surface area (Å²) in [6.07, 6.45) is 3.40. The van der Waals surface area contributed by atoms with Crippen LogP contribution in [0.3, 0.4) is 0 Å². The number of halogens is 1. The Morgan fingerprint density at radius 2 is 1.90 bits per heavy atom. The minimum absolute atomic E-state index is 0.300. The number of para-hydroxylation sites is 1. The third-order valence-corrected chi connectivity index (χ3v) is 4.48. The highest BCUT2D eigenvalue weighted by molar-refractivity contribution is 9.10. The van der Waals surface area contributed by atoms with Crippen LogP contribution in [0.5, 0.6) is 0 Å². The second-order valence-electron chi connectivity index (χ2n) is 5.21. The molecule has 2 aromatic carbocycles. The molecule has 0 bridgehead atoms. The predicted molar refractivity (Wildman–Crippen MR) is 87.5 cm³/mol. The topological polar surface area (TPSA) is 40.5 Å². The fourth-order valence-electron chi connectivity index (χ4n) is 2.80. The summed E-state index contributed by atoms with van der Waals surface area (Å²) in [5, 5.41) is 9.08. The van der Waals surface area contributed by atoms with Gasteiger partial charge in [0.2, 0.25) is 0 Å². The number of aromatic carboxylic acids is 1. The number of rotatable bonds is 2. The van der Waals surface area contributed by atoms with Crippen LogP contribution < -0.4 is 4.90 Å². The standard InChI is InChI=1S/C17H16BrNO2/c18-14-11-13(17(20)21)8-9-16(14)19-10-4-3-6-12-5-1-2-7-15(12)19/h1-2,5,7-9,11H,3-4,6,10H2,(H,20,21). The molecule has 3 rings (SSSR count). The van der Waals surface area contributed by atoms with Crippen LogP contribution in [0.1, 0.15) is 28.8 Å². The smallest absolute Gasteiger partial charge is 0.335 e. The molecule has 0 radical (unpaired) electrons. The lowest BCUT2D eigenvalue weighted by Crippen LogP contribution is -2.18. The molecule has 0 spiro atoms. The van der Waals surface area contributed by atoms with Gasteiger partial charge >= 0.3 is 5.97 Å². The first-order valence-electron chi connectivity index (χ1n) is 7.05. The first kappa shape index (κ1) is 14.1. The number of nitrogens with zero attached hydrogens (tertiary/aromatic N) is 1. The molecule has 108 valence electrons. The summed E-state index contributed by atoms with van der Waals surface area (Å²) in [4.78, 5) is 13.3. The van der Waals surface area contributed by atoms with Crippen molar-refractivity contribution < 1.29 is 9.90 Å². The summed E-state index contributed by atoms with van der Waals surface area (Å²) in [6, 6.07) is 13.7. The van der Waals surface area contributed by atoms with Crippen LogP contribution >= 0.6 is 15.9 Å². The molecule has 1 heterocycles. The highest BCUT2D eigenvalue weighted by Gasteiger charge is 2.19. The third-order valence-electron chi connectivity index (χ3n) is 3.85. The van der Waals surface area contributed by atoms with E-state index in [1.54, 1.807) is 12.1 Å². The summed E-state index contributed by atoms with van der Waals surface area (Å²) in [7, 11) is 0. The lowest BCUT2D eigenvalue weighted by Gasteiger charge is -2.26. The van der Waals surface area contributed by atoms with Gasteiger partial charge in [-0.25, -0.2) is 4.79 Å². The number of benzene rings is 2. The highest BCUT2D eigenvalue weighted by Crippen LogP contribution is 2.37. The molecule has 4 heteroatoms. The van der Waals surface area contributed by atoms with E-state index >= 15 is 0 Å². The van der Waals surface area contributed by atoms with E-state index < -0.39 is 5.97 Å². The van der Waals surface area contributed by atoms with Crippen LogP contribution in [0.25, 0.3) is 0 Å². The molecular formula is C17H16BrNO2. The van der Waals surface area contributed by atoms with E-state index in [0.29, 0.717) is 5.56 Å². The Hall–Kier alpha value is -1.81. The number of carbonyl (C=O) groups is 1. The van der Waals surface area contributed by atoms with E-state index in [2.05, 4.69) is 45.1 Å². The van der Waals surface area contributed by atoms with E-state index in [9.17, 15) is 4.79 Å². The molecule has 2 aromatic rings. The molecule has 0 atom stereocenters. The van der Waals surface area contributed by atoms with Crippen LogP contribution in [-0.2, 0) is 6.42 Å². The van der Waals surface area contributed by atoms with Crippen LogP contribution in [0.15, 0.2) is 46.9 Å². The van der Waals surface area contributed by atoms with Crippen molar-refractivity contribution in [2.45, 2.75) is 19.3 Å². The van der Waals surface area contributed by atoms with E-state index in [-0.39, 0.29) is 0 Å².